The number of carboxylic acid groups (broad SMARTS) is 1. The van der Waals surface area contributed by atoms with E-state index in [1.54, 1.807) is 6.07 Å². The molecule has 2 aromatic rings. The molecule has 0 aliphatic heterocycles. The number of nitro groups is 1. The van der Waals surface area contributed by atoms with Crippen LogP contribution in [0.15, 0.2) is 36.4 Å². The largest absolute Gasteiger partial charge is 1.00 e. The Morgan fingerprint density at radius 3 is 2.00 bits per heavy atom. The minimum absolute atomic E-state index is 0. The number of carbonyl (C=O) groups is 3. The number of fused-ring (bicyclic) bond motifs is 2. The fraction of sp³-hybridized carbons (Fsp3) is 0. The Labute approximate surface area is 151 Å². The standard InChI is InChI=1S/C15H7NO6.Na/c17-13-7-3-1-2-4-8(7)14(18)11-9(13)5-6-10(15(19)20)12(11)16(21)22;/h1-6H,(H,19,20);/q;+1/p-1. The van der Waals surface area contributed by atoms with Gasteiger partial charge in [0.05, 0.1) is 16.5 Å². The molecule has 0 saturated carbocycles. The van der Waals surface area contributed by atoms with Crippen molar-refractivity contribution < 1.29 is 54.0 Å². The molecule has 0 spiro atoms. The van der Waals surface area contributed by atoms with Crippen LogP contribution in [0.5, 0.6) is 0 Å². The minimum Gasteiger partial charge on any atom is -0.545 e. The van der Waals surface area contributed by atoms with Crippen molar-refractivity contribution >= 4 is 23.2 Å². The fourth-order valence-corrected chi connectivity index (χ4v) is 2.52. The third-order valence-electron chi connectivity index (χ3n) is 3.47. The zero-order chi connectivity index (χ0) is 16.0. The van der Waals surface area contributed by atoms with Gasteiger partial charge < -0.3 is 9.90 Å². The molecule has 0 radical (unpaired) electrons. The monoisotopic (exact) mass is 319 g/mol. The molecule has 0 bridgehead atoms. The number of benzene rings is 2. The molecule has 0 fully saturated rings. The Bertz CT molecular complexity index is 890. The molecule has 0 atom stereocenters. The number of carbonyl (C=O) groups excluding carboxylic acids is 3. The average molecular weight is 319 g/mol. The van der Waals surface area contributed by atoms with Gasteiger partial charge in [-0.1, -0.05) is 24.3 Å². The van der Waals surface area contributed by atoms with E-state index < -0.39 is 39.3 Å². The van der Waals surface area contributed by atoms with Crippen LogP contribution in [0.2, 0.25) is 0 Å². The number of hydrogen-bond donors (Lipinski definition) is 0. The van der Waals surface area contributed by atoms with Crippen molar-refractivity contribution in [2.75, 3.05) is 0 Å². The van der Waals surface area contributed by atoms with Gasteiger partial charge in [0.1, 0.15) is 5.56 Å². The van der Waals surface area contributed by atoms with Gasteiger partial charge in [0.25, 0.3) is 5.69 Å². The summed E-state index contributed by atoms with van der Waals surface area (Å²) in [5, 5.41) is 22.2. The van der Waals surface area contributed by atoms with Gasteiger partial charge in [-0.15, -0.1) is 0 Å². The molecular formula is C15H6NNaO6. The van der Waals surface area contributed by atoms with Gasteiger partial charge in [-0.25, -0.2) is 0 Å². The predicted molar refractivity (Wildman–Crippen MR) is 70.7 cm³/mol. The molecule has 23 heavy (non-hydrogen) atoms. The molecule has 108 valence electrons. The summed E-state index contributed by atoms with van der Waals surface area (Å²) in [6, 6.07) is 7.91. The molecule has 0 amide bonds. The Morgan fingerprint density at radius 1 is 0.913 bits per heavy atom. The van der Waals surface area contributed by atoms with Crippen molar-refractivity contribution in [2.24, 2.45) is 0 Å². The summed E-state index contributed by atoms with van der Waals surface area (Å²) in [4.78, 5) is 46.1. The molecule has 8 heteroatoms. The summed E-state index contributed by atoms with van der Waals surface area (Å²) < 4.78 is 0. The van der Waals surface area contributed by atoms with Gasteiger partial charge in [-0.3, -0.25) is 19.7 Å². The van der Waals surface area contributed by atoms with Crippen molar-refractivity contribution in [1.29, 1.82) is 0 Å². The first-order chi connectivity index (χ1) is 10.4. The number of aromatic carboxylic acids is 1. The molecule has 0 unspecified atom stereocenters. The maximum atomic E-state index is 12.5. The van der Waals surface area contributed by atoms with E-state index in [4.69, 9.17) is 0 Å². The van der Waals surface area contributed by atoms with E-state index in [1.165, 1.54) is 18.2 Å². The van der Waals surface area contributed by atoms with E-state index in [9.17, 15) is 29.6 Å². The number of ketones is 2. The van der Waals surface area contributed by atoms with Crippen LogP contribution in [0.1, 0.15) is 42.2 Å². The summed E-state index contributed by atoms with van der Waals surface area (Å²) in [5.74, 6) is -3.09. The van der Waals surface area contributed by atoms with Gasteiger partial charge in [0.15, 0.2) is 5.78 Å². The minimum atomic E-state index is -1.78. The van der Waals surface area contributed by atoms with Crippen LogP contribution < -0.4 is 34.7 Å². The number of carboxylic acids is 1. The first kappa shape index (κ1) is 17.0. The molecule has 1 aliphatic rings. The molecule has 0 heterocycles. The number of nitro benzene ring substituents is 1. The van der Waals surface area contributed by atoms with Crippen LogP contribution in [0.25, 0.3) is 0 Å². The third-order valence-corrected chi connectivity index (χ3v) is 3.47. The average Bonchev–Trinajstić information content (AvgIpc) is 2.51. The number of nitrogens with zero attached hydrogens (tertiary/aromatic N) is 1. The first-order valence-corrected chi connectivity index (χ1v) is 6.14. The van der Waals surface area contributed by atoms with E-state index in [0.29, 0.717) is 0 Å². The van der Waals surface area contributed by atoms with E-state index >= 15 is 0 Å². The van der Waals surface area contributed by atoms with Gasteiger partial charge in [-0.2, -0.15) is 0 Å². The Morgan fingerprint density at radius 2 is 1.48 bits per heavy atom. The smallest absolute Gasteiger partial charge is 0.545 e. The normalized spacial score (nSPS) is 12.0. The van der Waals surface area contributed by atoms with Crippen molar-refractivity contribution in [3.8, 4) is 0 Å². The van der Waals surface area contributed by atoms with Crippen molar-refractivity contribution in [1.82, 2.24) is 0 Å². The van der Waals surface area contributed by atoms with Crippen LogP contribution in [0, 0.1) is 10.1 Å². The van der Waals surface area contributed by atoms with E-state index in [0.717, 1.165) is 12.1 Å². The van der Waals surface area contributed by atoms with Crippen LogP contribution in [-0.4, -0.2) is 22.5 Å². The molecule has 0 saturated heterocycles. The van der Waals surface area contributed by atoms with Gasteiger partial charge in [-0.05, 0) is 12.1 Å². The number of hydrogen-bond acceptors (Lipinski definition) is 6. The van der Waals surface area contributed by atoms with Gasteiger partial charge in [0, 0.05) is 16.7 Å². The zero-order valence-electron chi connectivity index (χ0n) is 11.9. The predicted octanol–water partition coefficient (Wildman–Crippen LogP) is -2.26. The Kier molecular flexibility index (Phi) is 4.46. The second kappa shape index (κ2) is 6.04. The summed E-state index contributed by atoms with van der Waals surface area (Å²) in [6.45, 7) is 0. The van der Waals surface area contributed by atoms with Gasteiger partial charge in [0.2, 0.25) is 5.78 Å². The van der Waals surface area contributed by atoms with E-state index in [1.807, 2.05) is 0 Å². The maximum Gasteiger partial charge on any atom is 1.00 e. The topological polar surface area (TPSA) is 117 Å². The summed E-state index contributed by atoms with van der Waals surface area (Å²) in [6.07, 6.45) is 0. The van der Waals surface area contributed by atoms with Crippen LogP contribution in [0.4, 0.5) is 5.69 Å². The SMILES string of the molecule is O=C1c2ccccc2C(=O)c2c1ccc(C(=O)[O-])c2[N+](=O)[O-].[Na+]. The van der Waals surface area contributed by atoms with Gasteiger partial charge >= 0.3 is 29.6 Å². The van der Waals surface area contributed by atoms with Crippen molar-refractivity contribution in [2.45, 2.75) is 0 Å². The molecular weight excluding hydrogens is 313 g/mol. The quantitative estimate of drug-likeness (QED) is 0.299. The molecule has 2 aromatic carbocycles. The second-order valence-electron chi connectivity index (χ2n) is 4.63. The molecule has 3 rings (SSSR count). The zero-order valence-corrected chi connectivity index (χ0v) is 13.9. The van der Waals surface area contributed by atoms with E-state index in [-0.39, 0.29) is 46.2 Å². The van der Waals surface area contributed by atoms with Crippen molar-refractivity contribution in [3.63, 3.8) is 0 Å². The maximum absolute atomic E-state index is 12.5. The summed E-state index contributed by atoms with van der Waals surface area (Å²) >= 11 is 0. The molecule has 7 nitrogen and oxygen atoms in total. The Hall–Kier alpha value is -2.35. The molecule has 0 aromatic heterocycles. The Balaban J connectivity index is 0.00000192. The molecule has 0 N–H and O–H groups in total. The molecule has 1 aliphatic carbocycles. The van der Waals surface area contributed by atoms with Crippen LogP contribution >= 0.6 is 0 Å². The van der Waals surface area contributed by atoms with Crippen molar-refractivity contribution in [3.05, 3.63) is 74.3 Å². The second-order valence-corrected chi connectivity index (χ2v) is 4.63. The third kappa shape index (κ3) is 2.48. The fourth-order valence-electron chi connectivity index (χ4n) is 2.52. The van der Waals surface area contributed by atoms with Crippen LogP contribution in [-0.2, 0) is 0 Å². The first-order valence-electron chi connectivity index (χ1n) is 6.14. The van der Waals surface area contributed by atoms with Crippen LogP contribution in [0.3, 0.4) is 0 Å². The number of rotatable bonds is 2. The van der Waals surface area contributed by atoms with E-state index in [2.05, 4.69) is 0 Å². The summed E-state index contributed by atoms with van der Waals surface area (Å²) in [5.41, 5.74) is -2.18. The summed E-state index contributed by atoms with van der Waals surface area (Å²) in [7, 11) is 0.